The van der Waals surface area contributed by atoms with E-state index in [1.807, 2.05) is 30.3 Å². The van der Waals surface area contributed by atoms with Gasteiger partial charge in [0.1, 0.15) is 11.9 Å². The van der Waals surface area contributed by atoms with Gasteiger partial charge in [-0.15, -0.1) is 0 Å². The number of nitrogens with one attached hydrogen (secondary N) is 2. The van der Waals surface area contributed by atoms with Crippen molar-refractivity contribution in [2.75, 3.05) is 24.5 Å². The van der Waals surface area contributed by atoms with Crippen molar-refractivity contribution in [2.24, 2.45) is 5.92 Å². The number of carbonyl (C=O) groups excluding carboxylic acids is 3. The van der Waals surface area contributed by atoms with E-state index in [0.717, 1.165) is 43.2 Å². The molecular weight excluding hydrogens is 430 g/mol. The summed E-state index contributed by atoms with van der Waals surface area (Å²) in [5.41, 5.74) is 2.20. The number of hydrogen-bond donors (Lipinski definition) is 2. The smallest absolute Gasteiger partial charge is 0.255 e. The second-order valence-corrected chi connectivity index (χ2v) is 9.62. The molecule has 1 aromatic carbocycles. The van der Waals surface area contributed by atoms with Crippen LogP contribution in [-0.4, -0.2) is 53.3 Å². The van der Waals surface area contributed by atoms with Crippen molar-refractivity contribution in [3.63, 3.8) is 0 Å². The van der Waals surface area contributed by atoms with Gasteiger partial charge < -0.3 is 20.4 Å². The Bertz CT molecular complexity index is 1070. The molecule has 1 aliphatic carbocycles. The highest BCUT2D eigenvalue weighted by Crippen LogP contribution is 2.41. The van der Waals surface area contributed by atoms with Gasteiger partial charge in [0.05, 0.1) is 6.54 Å². The molecule has 8 nitrogen and oxygen atoms in total. The van der Waals surface area contributed by atoms with E-state index in [-0.39, 0.29) is 30.3 Å². The number of pyridine rings is 1. The van der Waals surface area contributed by atoms with Crippen molar-refractivity contribution in [1.29, 1.82) is 0 Å². The third-order valence-corrected chi connectivity index (χ3v) is 7.02. The molecule has 1 saturated carbocycles. The van der Waals surface area contributed by atoms with Gasteiger partial charge in [0.25, 0.3) is 5.91 Å². The van der Waals surface area contributed by atoms with Gasteiger partial charge in [0.2, 0.25) is 11.8 Å². The third kappa shape index (κ3) is 4.62. The molecule has 2 N–H and O–H groups in total. The molecule has 2 fully saturated rings. The molecule has 0 spiro atoms. The number of fused-ring (bicyclic) bond motifs is 1. The first kappa shape index (κ1) is 22.4. The van der Waals surface area contributed by atoms with Gasteiger partial charge >= 0.3 is 0 Å². The van der Waals surface area contributed by atoms with Crippen LogP contribution in [0.4, 0.5) is 5.82 Å². The fourth-order valence-electron chi connectivity index (χ4n) is 4.81. The van der Waals surface area contributed by atoms with E-state index in [4.69, 9.17) is 0 Å². The van der Waals surface area contributed by atoms with Gasteiger partial charge in [-0.05, 0) is 54.9 Å². The summed E-state index contributed by atoms with van der Waals surface area (Å²) in [5, 5.41) is 5.56. The zero-order valence-corrected chi connectivity index (χ0v) is 19.5. The van der Waals surface area contributed by atoms with Crippen LogP contribution < -0.4 is 15.5 Å². The highest BCUT2D eigenvalue weighted by atomic mass is 16.2. The van der Waals surface area contributed by atoms with Crippen molar-refractivity contribution in [2.45, 2.75) is 51.2 Å². The molecule has 1 aromatic heterocycles. The quantitative estimate of drug-likeness (QED) is 0.660. The fourth-order valence-corrected chi connectivity index (χ4v) is 4.81. The number of aromatic nitrogens is 1. The lowest BCUT2D eigenvalue weighted by molar-refractivity contribution is -0.129. The van der Waals surface area contributed by atoms with E-state index >= 15 is 0 Å². The van der Waals surface area contributed by atoms with Crippen LogP contribution in [0.15, 0.2) is 42.6 Å². The Balaban J connectivity index is 1.12. The minimum absolute atomic E-state index is 0.0993. The Labute approximate surface area is 199 Å². The maximum Gasteiger partial charge on any atom is 0.255 e. The third-order valence-electron chi connectivity index (χ3n) is 7.02. The maximum absolute atomic E-state index is 13.0. The predicted molar refractivity (Wildman–Crippen MR) is 128 cm³/mol. The topological polar surface area (TPSA) is 94.6 Å². The lowest BCUT2D eigenvalue weighted by atomic mass is 9.99. The zero-order chi connectivity index (χ0) is 23.7. The standard InChI is InChI=1S/C26H31N5O3/c1-17-10-12-30(13-11-17)22-9-6-18(14-27-22)15-28-23(32)16-29-25(33)24-20-4-2-3-5-21(20)26(34)31(24)19-7-8-19/h2-6,9,14,17,19,24H,7-8,10-13,15-16H2,1H3,(H,28,32)(H,29,33). The molecule has 0 bridgehead atoms. The molecular formula is C26H31N5O3. The Morgan fingerprint density at radius 3 is 2.50 bits per heavy atom. The number of carbonyl (C=O) groups is 3. The van der Waals surface area contributed by atoms with Gasteiger partial charge in [-0.3, -0.25) is 14.4 Å². The minimum atomic E-state index is -0.668. The molecule has 0 radical (unpaired) electrons. The molecule has 1 atom stereocenters. The van der Waals surface area contributed by atoms with Crippen LogP contribution >= 0.6 is 0 Å². The Kier molecular flexibility index (Phi) is 6.22. The predicted octanol–water partition coefficient (Wildman–Crippen LogP) is 2.41. The highest BCUT2D eigenvalue weighted by Gasteiger charge is 2.47. The van der Waals surface area contributed by atoms with E-state index < -0.39 is 6.04 Å². The summed E-state index contributed by atoms with van der Waals surface area (Å²) >= 11 is 0. The van der Waals surface area contributed by atoms with Gasteiger partial charge in [0.15, 0.2) is 0 Å². The first-order valence-corrected chi connectivity index (χ1v) is 12.2. The number of anilines is 1. The summed E-state index contributed by atoms with van der Waals surface area (Å²) in [7, 11) is 0. The van der Waals surface area contributed by atoms with Crippen LogP contribution in [-0.2, 0) is 16.1 Å². The molecule has 5 rings (SSSR count). The average molecular weight is 462 g/mol. The maximum atomic E-state index is 13.0. The number of benzene rings is 1. The summed E-state index contributed by atoms with van der Waals surface area (Å²) in [6, 6.07) is 10.6. The largest absolute Gasteiger partial charge is 0.357 e. The lowest BCUT2D eigenvalue weighted by Crippen LogP contribution is -2.43. The van der Waals surface area contributed by atoms with Crippen molar-refractivity contribution in [3.05, 3.63) is 59.3 Å². The number of hydrogen-bond acceptors (Lipinski definition) is 5. The summed E-state index contributed by atoms with van der Waals surface area (Å²) in [6.45, 7) is 4.55. The number of amides is 3. The molecule has 2 aromatic rings. The molecule has 3 heterocycles. The van der Waals surface area contributed by atoms with E-state index in [9.17, 15) is 14.4 Å². The lowest BCUT2D eigenvalue weighted by Gasteiger charge is -2.31. The molecule has 178 valence electrons. The molecule has 1 saturated heterocycles. The Morgan fingerprint density at radius 1 is 1.03 bits per heavy atom. The zero-order valence-electron chi connectivity index (χ0n) is 19.5. The highest BCUT2D eigenvalue weighted by molar-refractivity contribution is 6.05. The van der Waals surface area contributed by atoms with Gasteiger partial charge in [-0.25, -0.2) is 4.98 Å². The van der Waals surface area contributed by atoms with Gasteiger partial charge in [-0.1, -0.05) is 31.2 Å². The van der Waals surface area contributed by atoms with Crippen LogP contribution in [0.1, 0.15) is 60.1 Å². The number of nitrogens with zero attached hydrogens (tertiary/aromatic N) is 3. The SMILES string of the molecule is CC1CCN(c2ccc(CNC(=O)CNC(=O)C3c4ccccc4C(=O)N3C3CC3)cn2)CC1. The van der Waals surface area contributed by atoms with Gasteiger partial charge in [0, 0.05) is 37.4 Å². The summed E-state index contributed by atoms with van der Waals surface area (Å²) < 4.78 is 0. The first-order valence-electron chi connectivity index (χ1n) is 12.2. The van der Waals surface area contributed by atoms with Crippen molar-refractivity contribution >= 4 is 23.5 Å². The van der Waals surface area contributed by atoms with E-state index in [1.165, 1.54) is 12.8 Å². The normalized spacial score (nSPS) is 20.3. The van der Waals surface area contributed by atoms with Crippen LogP contribution in [0.25, 0.3) is 0 Å². The number of rotatable bonds is 7. The number of piperidine rings is 1. The molecule has 8 heteroatoms. The van der Waals surface area contributed by atoms with Crippen LogP contribution in [0.3, 0.4) is 0 Å². The molecule has 3 aliphatic rings. The summed E-state index contributed by atoms with van der Waals surface area (Å²) in [6.07, 6.45) is 5.98. The van der Waals surface area contributed by atoms with Gasteiger partial charge in [-0.2, -0.15) is 0 Å². The second kappa shape index (κ2) is 9.44. The Morgan fingerprint density at radius 2 is 1.79 bits per heavy atom. The second-order valence-electron chi connectivity index (χ2n) is 9.62. The minimum Gasteiger partial charge on any atom is -0.357 e. The van der Waals surface area contributed by atoms with Crippen LogP contribution in [0.2, 0.25) is 0 Å². The monoisotopic (exact) mass is 461 g/mol. The molecule has 2 aliphatic heterocycles. The molecule has 3 amide bonds. The molecule has 34 heavy (non-hydrogen) atoms. The van der Waals surface area contributed by atoms with Crippen molar-refractivity contribution in [3.8, 4) is 0 Å². The fraction of sp³-hybridized carbons (Fsp3) is 0.462. The Hall–Kier alpha value is -3.42. The molecule has 1 unspecified atom stereocenters. The van der Waals surface area contributed by atoms with E-state index in [0.29, 0.717) is 17.7 Å². The average Bonchev–Trinajstić information content (AvgIpc) is 3.66. The van der Waals surface area contributed by atoms with Crippen LogP contribution in [0, 0.1) is 5.92 Å². The summed E-state index contributed by atoms with van der Waals surface area (Å²) in [5.74, 6) is 1.05. The van der Waals surface area contributed by atoms with E-state index in [2.05, 4.69) is 27.4 Å². The first-order chi connectivity index (χ1) is 16.5. The van der Waals surface area contributed by atoms with Crippen molar-refractivity contribution in [1.82, 2.24) is 20.5 Å². The summed E-state index contributed by atoms with van der Waals surface area (Å²) in [4.78, 5) is 46.7. The van der Waals surface area contributed by atoms with Crippen LogP contribution in [0.5, 0.6) is 0 Å². The van der Waals surface area contributed by atoms with E-state index in [1.54, 1.807) is 17.2 Å². The van der Waals surface area contributed by atoms with Crippen molar-refractivity contribution < 1.29 is 14.4 Å².